The van der Waals surface area contributed by atoms with Crippen LogP contribution in [0.3, 0.4) is 0 Å². The largest absolute Gasteiger partial charge is 0.495 e. The number of halogens is 1. The minimum atomic E-state index is -3.43. The Morgan fingerprint density at radius 1 is 0.878 bits per heavy atom. The van der Waals surface area contributed by atoms with E-state index >= 15 is 0 Å². The van der Waals surface area contributed by atoms with E-state index < -0.39 is 27.3 Å². The normalized spacial score (nSPS) is 12.6. The summed E-state index contributed by atoms with van der Waals surface area (Å²) >= 11 is 0. The van der Waals surface area contributed by atoms with Crippen molar-refractivity contribution in [3.05, 3.63) is 96.4 Å². The minimum Gasteiger partial charge on any atom is -0.495 e. The second-order valence-corrected chi connectivity index (χ2v) is 12.0. The Labute approximate surface area is 237 Å². The molecule has 9 nitrogen and oxygen atoms in total. The molecule has 0 fully saturated rings. The van der Waals surface area contributed by atoms with Crippen LogP contribution >= 0.6 is 0 Å². The van der Waals surface area contributed by atoms with Crippen molar-refractivity contribution in [2.75, 3.05) is 17.7 Å². The number of hydrogen-bond acceptors (Lipinski definition) is 7. The summed E-state index contributed by atoms with van der Waals surface area (Å²) in [6.07, 6.45) is 0.679. The minimum absolute atomic E-state index is 0.0611. The molecule has 0 aliphatic carbocycles. The first-order valence-corrected chi connectivity index (χ1v) is 14.0. The predicted octanol–water partition coefficient (Wildman–Crippen LogP) is 6.96. The molecule has 0 bridgehead atoms. The number of pyridine rings is 1. The number of carbonyl (C=O) groups excluding carboxylic acids is 2. The van der Waals surface area contributed by atoms with Crippen LogP contribution < -0.4 is 15.4 Å². The Kier molecular flexibility index (Phi) is 8.39. The lowest BCUT2D eigenvalue weighted by molar-refractivity contribution is 0.0635. The molecule has 0 radical (unpaired) electrons. The van der Waals surface area contributed by atoms with Gasteiger partial charge < -0.3 is 14.8 Å². The first kappa shape index (κ1) is 29.2. The van der Waals surface area contributed by atoms with Gasteiger partial charge in [-0.05, 0) is 92.6 Å². The molecular weight excluding hydrogens is 547 g/mol. The molecular formula is C30H29FN4O5S. The van der Waals surface area contributed by atoms with Crippen molar-refractivity contribution in [3.8, 4) is 16.9 Å². The standard InChI is InChI=1S/C30H29FN4O5S/c1-30(2,3)40-29(37)35-25-15-9-21(19-5-10-22(31)11-6-19)17-26(25)34-28(36)20-7-13-24(14-8-20)41(32,38)27-16-12-23(39-4)18-33-27/h5-18,32H,1-4H3,(H,34,36)(H,35,37). The molecule has 1 atom stereocenters. The maximum Gasteiger partial charge on any atom is 0.412 e. The fourth-order valence-electron chi connectivity index (χ4n) is 3.76. The first-order valence-electron chi connectivity index (χ1n) is 12.5. The van der Waals surface area contributed by atoms with Crippen LogP contribution in [-0.2, 0) is 14.5 Å². The number of nitrogens with zero attached hydrogens (tertiary/aromatic N) is 1. The summed E-state index contributed by atoms with van der Waals surface area (Å²) < 4.78 is 45.5. The van der Waals surface area contributed by atoms with Gasteiger partial charge in [0.2, 0.25) is 0 Å². The van der Waals surface area contributed by atoms with Crippen molar-refractivity contribution < 1.29 is 27.7 Å². The van der Waals surface area contributed by atoms with Crippen LogP contribution in [0, 0.1) is 10.6 Å². The summed E-state index contributed by atoms with van der Waals surface area (Å²) in [5.41, 5.74) is 1.43. The Balaban J connectivity index is 1.60. The third kappa shape index (κ3) is 7.25. The van der Waals surface area contributed by atoms with E-state index in [0.717, 1.165) is 0 Å². The smallest absolute Gasteiger partial charge is 0.412 e. The van der Waals surface area contributed by atoms with Crippen LogP contribution in [0.25, 0.3) is 11.1 Å². The van der Waals surface area contributed by atoms with E-state index in [9.17, 15) is 18.2 Å². The number of methoxy groups -OCH3 is 1. The van der Waals surface area contributed by atoms with Gasteiger partial charge >= 0.3 is 6.09 Å². The van der Waals surface area contributed by atoms with E-state index in [-0.39, 0.29) is 32.7 Å². The maximum atomic E-state index is 13.5. The van der Waals surface area contributed by atoms with Crippen LogP contribution in [0.1, 0.15) is 31.1 Å². The maximum absolute atomic E-state index is 13.5. The molecule has 2 amide bonds. The van der Waals surface area contributed by atoms with Gasteiger partial charge in [0.15, 0.2) is 0 Å². The highest BCUT2D eigenvalue weighted by molar-refractivity contribution is 7.92. The SMILES string of the molecule is COc1ccc(S(=N)(=O)c2ccc(C(=O)Nc3cc(-c4ccc(F)cc4)ccc3NC(=O)OC(C)(C)C)cc2)nc1. The molecule has 0 aliphatic rings. The van der Waals surface area contributed by atoms with E-state index in [1.807, 2.05) is 0 Å². The molecule has 0 saturated carbocycles. The lowest BCUT2D eigenvalue weighted by Gasteiger charge is -2.21. The molecule has 1 heterocycles. The molecule has 3 aromatic carbocycles. The second kappa shape index (κ2) is 11.8. The van der Waals surface area contributed by atoms with Gasteiger partial charge in [-0.1, -0.05) is 18.2 Å². The third-order valence-electron chi connectivity index (χ3n) is 5.77. The molecule has 1 unspecified atom stereocenters. The Morgan fingerprint density at radius 3 is 2.12 bits per heavy atom. The zero-order chi connectivity index (χ0) is 29.8. The zero-order valence-electron chi connectivity index (χ0n) is 22.9. The van der Waals surface area contributed by atoms with E-state index in [4.69, 9.17) is 14.3 Å². The first-order chi connectivity index (χ1) is 19.4. The molecule has 4 aromatic rings. The number of anilines is 2. The number of nitrogens with one attached hydrogen (secondary N) is 3. The van der Waals surface area contributed by atoms with Gasteiger partial charge in [-0.2, -0.15) is 0 Å². The third-order valence-corrected chi connectivity index (χ3v) is 7.54. The number of aromatic nitrogens is 1. The van der Waals surface area contributed by atoms with E-state index in [2.05, 4.69) is 15.6 Å². The molecule has 41 heavy (non-hydrogen) atoms. The van der Waals surface area contributed by atoms with E-state index in [0.29, 0.717) is 16.9 Å². The summed E-state index contributed by atoms with van der Waals surface area (Å²) in [5.74, 6) is -0.424. The molecule has 0 saturated heterocycles. The van der Waals surface area contributed by atoms with Gasteiger partial charge in [0, 0.05) is 5.56 Å². The fraction of sp³-hybridized carbons (Fsp3) is 0.167. The lowest BCUT2D eigenvalue weighted by Crippen LogP contribution is -2.27. The highest BCUT2D eigenvalue weighted by Gasteiger charge is 2.20. The topological polar surface area (TPSA) is 130 Å². The number of hydrogen-bond donors (Lipinski definition) is 3. The second-order valence-electron chi connectivity index (χ2n) is 9.97. The summed E-state index contributed by atoms with van der Waals surface area (Å²) in [6.45, 7) is 5.20. The van der Waals surface area contributed by atoms with Crippen LogP contribution in [-0.4, -0.2) is 33.9 Å². The molecule has 0 aliphatic heterocycles. The van der Waals surface area contributed by atoms with Crippen molar-refractivity contribution in [2.24, 2.45) is 0 Å². The van der Waals surface area contributed by atoms with Gasteiger partial charge in [-0.25, -0.2) is 23.2 Å². The van der Waals surface area contributed by atoms with Gasteiger partial charge in [0.05, 0.1) is 29.6 Å². The van der Waals surface area contributed by atoms with Gasteiger partial charge in [0.25, 0.3) is 5.91 Å². The highest BCUT2D eigenvalue weighted by atomic mass is 32.2. The van der Waals surface area contributed by atoms with Crippen molar-refractivity contribution in [3.63, 3.8) is 0 Å². The van der Waals surface area contributed by atoms with Gasteiger partial charge in [-0.3, -0.25) is 10.1 Å². The van der Waals surface area contributed by atoms with Crippen molar-refractivity contribution in [1.82, 2.24) is 4.98 Å². The Morgan fingerprint density at radius 2 is 1.54 bits per heavy atom. The molecule has 3 N–H and O–H groups in total. The number of amides is 2. The number of benzene rings is 3. The molecule has 4 rings (SSSR count). The number of rotatable bonds is 7. The Hall–Kier alpha value is -4.77. The zero-order valence-corrected chi connectivity index (χ0v) is 23.7. The summed E-state index contributed by atoms with van der Waals surface area (Å²) in [6, 6.07) is 19.7. The lowest BCUT2D eigenvalue weighted by atomic mass is 10.0. The fourth-order valence-corrected chi connectivity index (χ4v) is 4.98. The van der Waals surface area contributed by atoms with Crippen molar-refractivity contribution >= 4 is 33.1 Å². The highest BCUT2D eigenvalue weighted by Crippen LogP contribution is 2.31. The summed E-state index contributed by atoms with van der Waals surface area (Å²) in [5, 5.41) is 5.50. The van der Waals surface area contributed by atoms with E-state index in [1.165, 1.54) is 55.8 Å². The van der Waals surface area contributed by atoms with Crippen LogP contribution in [0.2, 0.25) is 0 Å². The average molecular weight is 577 g/mol. The molecule has 1 aromatic heterocycles. The van der Waals surface area contributed by atoms with Crippen molar-refractivity contribution in [2.45, 2.75) is 36.3 Å². The van der Waals surface area contributed by atoms with Crippen LogP contribution in [0.5, 0.6) is 5.75 Å². The molecule has 212 valence electrons. The quantitative estimate of drug-likeness (QED) is 0.218. The van der Waals surface area contributed by atoms with Crippen molar-refractivity contribution in [1.29, 1.82) is 4.78 Å². The van der Waals surface area contributed by atoms with Crippen LogP contribution in [0.4, 0.5) is 20.6 Å². The number of ether oxygens (including phenoxy) is 2. The van der Waals surface area contributed by atoms with Crippen LogP contribution in [0.15, 0.2) is 95.0 Å². The Bertz CT molecular complexity index is 1670. The van der Waals surface area contributed by atoms with E-state index in [1.54, 1.807) is 57.2 Å². The van der Waals surface area contributed by atoms with Gasteiger partial charge in [0.1, 0.15) is 31.9 Å². The summed E-state index contributed by atoms with van der Waals surface area (Å²) in [4.78, 5) is 29.9. The predicted molar refractivity (Wildman–Crippen MR) is 154 cm³/mol. The monoisotopic (exact) mass is 576 g/mol. The van der Waals surface area contributed by atoms with Gasteiger partial charge in [-0.15, -0.1) is 0 Å². The molecule has 0 spiro atoms. The average Bonchev–Trinajstić information content (AvgIpc) is 2.93. The molecule has 11 heteroatoms. The number of carbonyl (C=O) groups is 2. The summed E-state index contributed by atoms with van der Waals surface area (Å²) in [7, 11) is -1.95.